The van der Waals surface area contributed by atoms with Crippen molar-refractivity contribution < 1.29 is 24.2 Å². The molecule has 2 aliphatic rings. The third-order valence-electron chi connectivity index (χ3n) is 8.72. The number of hydrogen-bond donors (Lipinski definition) is 1. The van der Waals surface area contributed by atoms with Crippen molar-refractivity contribution in [1.82, 2.24) is 14.7 Å². The highest BCUT2D eigenvalue weighted by Crippen LogP contribution is 2.39. The average molecular weight is 596 g/mol. The van der Waals surface area contributed by atoms with Gasteiger partial charge in [-0.2, -0.15) is 0 Å². The zero-order valence-corrected chi connectivity index (χ0v) is 27.2. The number of benzene rings is 2. The van der Waals surface area contributed by atoms with Crippen LogP contribution in [-0.4, -0.2) is 98.3 Å². The molecule has 3 atom stereocenters. The third kappa shape index (κ3) is 9.70. The molecule has 1 saturated heterocycles. The van der Waals surface area contributed by atoms with Crippen LogP contribution in [0.25, 0.3) is 0 Å². The van der Waals surface area contributed by atoms with Crippen LogP contribution in [0, 0.1) is 5.92 Å². The first-order valence-corrected chi connectivity index (χ1v) is 16.0. The molecule has 1 N–H and O–H groups in total. The largest absolute Gasteiger partial charge is 0.496 e. The summed E-state index contributed by atoms with van der Waals surface area (Å²) >= 11 is 0. The smallest absolute Gasteiger partial charge is 0.308 e. The second kappa shape index (κ2) is 17.3. The van der Waals surface area contributed by atoms with Crippen molar-refractivity contribution in [2.75, 3.05) is 60.5 Å². The number of methoxy groups -OCH3 is 1. The van der Waals surface area contributed by atoms with Gasteiger partial charge in [-0.25, -0.2) is 0 Å². The van der Waals surface area contributed by atoms with Gasteiger partial charge in [-0.15, -0.1) is 0 Å². The Balaban J connectivity index is 0.000000428. The predicted molar refractivity (Wildman–Crippen MR) is 172 cm³/mol. The fraction of sp³-hybridized carbons (Fsp3) is 0.600. The van der Waals surface area contributed by atoms with Gasteiger partial charge >= 0.3 is 5.97 Å². The number of aliphatic carboxylic acids is 1. The Morgan fingerprint density at radius 2 is 1.77 bits per heavy atom. The molecule has 43 heavy (non-hydrogen) atoms. The average Bonchev–Trinajstić information content (AvgIpc) is 3.60. The van der Waals surface area contributed by atoms with Crippen molar-refractivity contribution in [3.63, 3.8) is 0 Å². The zero-order valence-electron chi connectivity index (χ0n) is 27.2. The Kier molecular flexibility index (Phi) is 13.8. The van der Waals surface area contributed by atoms with E-state index in [0.717, 1.165) is 80.8 Å². The summed E-state index contributed by atoms with van der Waals surface area (Å²) in [7, 11) is 5.84. The molecular formula is C35H53N3O5. The molecule has 1 amide bonds. The number of ether oxygens (including phenoxy) is 2. The molecule has 2 heterocycles. The fourth-order valence-corrected chi connectivity index (χ4v) is 6.14. The van der Waals surface area contributed by atoms with E-state index in [1.54, 1.807) is 7.11 Å². The van der Waals surface area contributed by atoms with Gasteiger partial charge in [0, 0.05) is 38.0 Å². The summed E-state index contributed by atoms with van der Waals surface area (Å²) in [6.45, 7) is 10.3. The minimum absolute atomic E-state index is 0.118. The quantitative estimate of drug-likeness (QED) is 0.295. The summed E-state index contributed by atoms with van der Waals surface area (Å²) in [6, 6.07) is 14.0. The standard InChI is InChI=1S/C26H41N3O4.C9H12O/c1-5-6-13-28(14-8-7-12-27(3)4)24(30)18-29-17-22(25(19(29)2)26(31)32)20-9-10-23-21(16-20)11-15-33-23;1-3-8-6-4-5-7-9(8)10-2/h9-10,16,19,22,25H,5-8,11-15,17-18H2,1-4H3,(H,31,32);4-7H,3H2,1-2H3/t19-,22+,25-;/m0./s1. The van der Waals surface area contributed by atoms with Crippen molar-refractivity contribution in [1.29, 1.82) is 0 Å². The number of fused-ring (bicyclic) bond motifs is 1. The van der Waals surface area contributed by atoms with Crippen molar-refractivity contribution in [2.24, 2.45) is 5.92 Å². The van der Waals surface area contributed by atoms with Crippen LogP contribution in [-0.2, 0) is 22.4 Å². The molecular weight excluding hydrogens is 542 g/mol. The number of aryl methyl sites for hydroxylation is 1. The normalized spacial score (nSPS) is 19.4. The van der Waals surface area contributed by atoms with Crippen LogP contribution < -0.4 is 9.47 Å². The first kappa shape index (κ1) is 34.4. The number of carboxylic acid groups (broad SMARTS) is 1. The Labute approximate surface area is 259 Å². The molecule has 0 spiro atoms. The highest BCUT2D eigenvalue weighted by atomic mass is 16.5. The molecule has 0 bridgehead atoms. The molecule has 238 valence electrons. The Morgan fingerprint density at radius 3 is 2.42 bits per heavy atom. The van der Waals surface area contributed by atoms with Gasteiger partial charge in [-0.1, -0.05) is 50.6 Å². The first-order chi connectivity index (χ1) is 20.7. The fourth-order valence-electron chi connectivity index (χ4n) is 6.14. The number of rotatable bonds is 14. The van der Waals surface area contributed by atoms with E-state index >= 15 is 0 Å². The minimum Gasteiger partial charge on any atom is -0.496 e. The van der Waals surface area contributed by atoms with Crippen LogP contribution in [0.1, 0.15) is 69.1 Å². The van der Waals surface area contributed by atoms with Crippen molar-refractivity contribution in [3.8, 4) is 11.5 Å². The number of carbonyl (C=O) groups is 2. The maximum absolute atomic E-state index is 13.3. The summed E-state index contributed by atoms with van der Waals surface area (Å²) in [6.07, 6.45) is 5.99. The Bertz CT molecular complexity index is 1150. The summed E-state index contributed by atoms with van der Waals surface area (Å²) in [5.74, 6) is 0.579. The minimum atomic E-state index is -0.786. The lowest BCUT2D eigenvalue weighted by atomic mass is 9.85. The number of carbonyl (C=O) groups excluding carboxylic acids is 1. The highest BCUT2D eigenvalue weighted by Gasteiger charge is 2.45. The SMILES string of the molecule is CCCCN(CCCCN(C)C)C(=O)CN1C[C@H](c2ccc3c(c2)CCO3)[C@@H](C(=O)O)[C@@H]1C.CCc1ccccc1OC. The summed E-state index contributed by atoms with van der Waals surface area (Å²) in [4.78, 5) is 31.7. The molecule has 0 aliphatic carbocycles. The maximum atomic E-state index is 13.3. The molecule has 8 heteroatoms. The number of nitrogens with zero attached hydrogens (tertiary/aromatic N) is 3. The Hall–Kier alpha value is -3.10. The summed E-state index contributed by atoms with van der Waals surface area (Å²) in [5.41, 5.74) is 3.47. The topological polar surface area (TPSA) is 82.5 Å². The molecule has 4 rings (SSSR count). The van der Waals surface area contributed by atoms with Gasteiger partial charge < -0.3 is 24.4 Å². The van der Waals surface area contributed by atoms with Crippen LogP contribution in [0.2, 0.25) is 0 Å². The van der Waals surface area contributed by atoms with Gasteiger partial charge in [0.15, 0.2) is 0 Å². The number of carboxylic acids is 1. The monoisotopic (exact) mass is 595 g/mol. The first-order valence-electron chi connectivity index (χ1n) is 16.0. The van der Waals surface area contributed by atoms with E-state index in [2.05, 4.69) is 49.9 Å². The van der Waals surface area contributed by atoms with E-state index in [9.17, 15) is 14.7 Å². The van der Waals surface area contributed by atoms with Crippen LogP contribution >= 0.6 is 0 Å². The third-order valence-corrected chi connectivity index (χ3v) is 8.72. The number of likely N-dealkylation sites (tertiary alicyclic amines) is 1. The molecule has 8 nitrogen and oxygen atoms in total. The lowest BCUT2D eigenvalue weighted by Gasteiger charge is -2.28. The highest BCUT2D eigenvalue weighted by molar-refractivity contribution is 5.79. The molecule has 0 aromatic heterocycles. The molecule has 0 radical (unpaired) electrons. The number of amides is 1. The van der Waals surface area contributed by atoms with Gasteiger partial charge in [-0.05, 0) is 82.1 Å². The van der Waals surface area contributed by atoms with Crippen molar-refractivity contribution in [3.05, 3.63) is 59.2 Å². The second-order valence-corrected chi connectivity index (χ2v) is 12.0. The van der Waals surface area contributed by atoms with Crippen LogP contribution in [0.15, 0.2) is 42.5 Å². The van der Waals surface area contributed by atoms with Crippen molar-refractivity contribution in [2.45, 2.75) is 71.3 Å². The van der Waals surface area contributed by atoms with Gasteiger partial charge in [0.1, 0.15) is 11.5 Å². The van der Waals surface area contributed by atoms with Gasteiger partial charge in [0.2, 0.25) is 5.91 Å². The lowest BCUT2D eigenvalue weighted by molar-refractivity contribution is -0.143. The molecule has 2 aliphatic heterocycles. The van der Waals surface area contributed by atoms with E-state index in [1.165, 1.54) is 5.56 Å². The van der Waals surface area contributed by atoms with E-state index in [-0.39, 0.29) is 24.4 Å². The van der Waals surface area contributed by atoms with Crippen LogP contribution in [0.4, 0.5) is 0 Å². The molecule has 2 aromatic rings. The number of hydrogen-bond acceptors (Lipinski definition) is 6. The van der Waals surface area contributed by atoms with Gasteiger partial charge in [-0.3, -0.25) is 14.5 Å². The maximum Gasteiger partial charge on any atom is 0.308 e. The van der Waals surface area contributed by atoms with E-state index in [4.69, 9.17) is 9.47 Å². The molecule has 1 fully saturated rings. The zero-order chi connectivity index (χ0) is 31.4. The lowest BCUT2D eigenvalue weighted by Crippen LogP contribution is -2.43. The Morgan fingerprint density at radius 1 is 1.05 bits per heavy atom. The van der Waals surface area contributed by atoms with Gasteiger partial charge in [0.25, 0.3) is 0 Å². The van der Waals surface area contributed by atoms with Crippen molar-refractivity contribution >= 4 is 11.9 Å². The second-order valence-electron chi connectivity index (χ2n) is 12.0. The van der Waals surface area contributed by atoms with Crippen LogP contribution in [0.3, 0.4) is 0 Å². The van der Waals surface area contributed by atoms with Crippen LogP contribution in [0.5, 0.6) is 11.5 Å². The molecule has 0 saturated carbocycles. The summed E-state index contributed by atoms with van der Waals surface area (Å²) < 4.78 is 10.8. The number of para-hydroxylation sites is 1. The molecule has 2 aromatic carbocycles. The van der Waals surface area contributed by atoms with E-state index < -0.39 is 11.9 Å². The van der Waals surface area contributed by atoms with E-state index in [0.29, 0.717) is 13.2 Å². The number of unbranched alkanes of at least 4 members (excludes halogenated alkanes) is 2. The van der Waals surface area contributed by atoms with E-state index in [1.807, 2.05) is 42.2 Å². The molecule has 0 unspecified atom stereocenters. The summed E-state index contributed by atoms with van der Waals surface area (Å²) in [5, 5.41) is 10.0. The van der Waals surface area contributed by atoms with Gasteiger partial charge in [0.05, 0.1) is 26.2 Å². The predicted octanol–water partition coefficient (Wildman–Crippen LogP) is 5.34.